The standard InChI is InChI=1S/C12H24N2S/c1-10-11(2)15-9-8-14(10)7-5-12-4-3-6-13-12/h10-13H,3-9H2,1-2H3. The van der Waals surface area contributed by atoms with Gasteiger partial charge in [0, 0.05) is 29.6 Å². The third-order valence-electron chi connectivity index (χ3n) is 3.94. The molecule has 0 amide bonds. The summed E-state index contributed by atoms with van der Waals surface area (Å²) in [5.74, 6) is 1.32. The summed E-state index contributed by atoms with van der Waals surface area (Å²) >= 11 is 2.13. The van der Waals surface area contributed by atoms with Crippen molar-refractivity contribution < 1.29 is 0 Å². The summed E-state index contributed by atoms with van der Waals surface area (Å²) in [6, 6.07) is 1.58. The van der Waals surface area contributed by atoms with Crippen LogP contribution in [0, 0.1) is 0 Å². The first kappa shape index (κ1) is 11.7. The van der Waals surface area contributed by atoms with E-state index in [4.69, 9.17) is 0 Å². The highest BCUT2D eigenvalue weighted by atomic mass is 32.2. The number of hydrogen-bond acceptors (Lipinski definition) is 3. The van der Waals surface area contributed by atoms with E-state index in [2.05, 4.69) is 35.8 Å². The zero-order valence-corrected chi connectivity index (χ0v) is 10.9. The fraction of sp³-hybridized carbons (Fsp3) is 1.00. The normalized spacial score (nSPS) is 38.4. The third-order valence-corrected chi connectivity index (χ3v) is 5.28. The molecular formula is C12H24N2S. The molecule has 15 heavy (non-hydrogen) atoms. The summed E-state index contributed by atoms with van der Waals surface area (Å²) in [7, 11) is 0. The van der Waals surface area contributed by atoms with Crippen LogP contribution in [-0.2, 0) is 0 Å². The lowest BCUT2D eigenvalue weighted by atomic mass is 10.1. The molecule has 0 saturated carbocycles. The van der Waals surface area contributed by atoms with Crippen molar-refractivity contribution in [2.45, 2.75) is 50.4 Å². The Hall–Kier alpha value is 0.270. The van der Waals surface area contributed by atoms with Crippen molar-refractivity contribution >= 4 is 11.8 Å². The molecule has 2 aliphatic heterocycles. The van der Waals surface area contributed by atoms with E-state index in [1.54, 1.807) is 0 Å². The van der Waals surface area contributed by atoms with Crippen LogP contribution in [0.3, 0.4) is 0 Å². The molecule has 0 aromatic heterocycles. The maximum Gasteiger partial charge on any atom is 0.0184 e. The minimum absolute atomic E-state index is 0.769. The summed E-state index contributed by atoms with van der Waals surface area (Å²) in [4.78, 5) is 2.68. The zero-order chi connectivity index (χ0) is 10.7. The van der Waals surface area contributed by atoms with Gasteiger partial charge in [0.2, 0.25) is 0 Å². The Bertz CT molecular complexity index is 192. The fourth-order valence-electron chi connectivity index (χ4n) is 2.64. The van der Waals surface area contributed by atoms with Crippen molar-refractivity contribution in [1.82, 2.24) is 10.2 Å². The smallest absolute Gasteiger partial charge is 0.0184 e. The summed E-state index contributed by atoms with van der Waals surface area (Å²) in [6.07, 6.45) is 4.13. The Morgan fingerprint density at radius 1 is 1.40 bits per heavy atom. The molecule has 2 rings (SSSR count). The predicted molar refractivity (Wildman–Crippen MR) is 68.6 cm³/mol. The van der Waals surface area contributed by atoms with Crippen LogP contribution in [-0.4, -0.2) is 47.6 Å². The zero-order valence-electron chi connectivity index (χ0n) is 10.0. The lowest BCUT2D eigenvalue weighted by molar-refractivity contribution is 0.203. The highest BCUT2D eigenvalue weighted by molar-refractivity contribution is 8.00. The number of nitrogens with one attached hydrogen (secondary N) is 1. The van der Waals surface area contributed by atoms with Crippen molar-refractivity contribution in [2.75, 3.05) is 25.4 Å². The average Bonchev–Trinajstić information content (AvgIpc) is 2.73. The van der Waals surface area contributed by atoms with Gasteiger partial charge in [0.1, 0.15) is 0 Å². The second-order valence-electron chi connectivity index (χ2n) is 4.93. The average molecular weight is 228 g/mol. The minimum atomic E-state index is 0.769. The SMILES string of the molecule is CC1SCCN(CCC2CCCN2)C1C. The molecule has 0 bridgehead atoms. The van der Waals surface area contributed by atoms with Gasteiger partial charge >= 0.3 is 0 Å². The lowest BCUT2D eigenvalue weighted by Crippen LogP contribution is -2.46. The van der Waals surface area contributed by atoms with Crippen molar-refractivity contribution in [2.24, 2.45) is 0 Å². The first-order valence-electron chi connectivity index (χ1n) is 6.36. The Labute approximate surface area is 98.2 Å². The minimum Gasteiger partial charge on any atom is -0.314 e. The van der Waals surface area contributed by atoms with Crippen LogP contribution in [0.4, 0.5) is 0 Å². The van der Waals surface area contributed by atoms with Crippen LogP contribution in [0.1, 0.15) is 33.1 Å². The molecule has 88 valence electrons. The second kappa shape index (κ2) is 5.55. The molecule has 0 aromatic carbocycles. The van der Waals surface area contributed by atoms with E-state index in [9.17, 15) is 0 Å². The van der Waals surface area contributed by atoms with Crippen LogP contribution in [0.5, 0.6) is 0 Å². The van der Waals surface area contributed by atoms with E-state index in [0.717, 1.165) is 17.3 Å². The number of hydrogen-bond donors (Lipinski definition) is 1. The van der Waals surface area contributed by atoms with E-state index in [0.29, 0.717) is 0 Å². The summed E-state index contributed by atoms with van der Waals surface area (Å²) in [5.41, 5.74) is 0. The first-order valence-corrected chi connectivity index (χ1v) is 7.41. The van der Waals surface area contributed by atoms with Crippen LogP contribution in [0.25, 0.3) is 0 Å². The van der Waals surface area contributed by atoms with Crippen molar-refractivity contribution in [3.8, 4) is 0 Å². The molecule has 3 atom stereocenters. The number of thioether (sulfide) groups is 1. The highest BCUT2D eigenvalue weighted by Crippen LogP contribution is 2.24. The van der Waals surface area contributed by atoms with Crippen LogP contribution in [0.2, 0.25) is 0 Å². The first-order chi connectivity index (χ1) is 7.27. The van der Waals surface area contributed by atoms with Crippen LogP contribution < -0.4 is 5.32 Å². The fourth-order valence-corrected chi connectivity index (χ4v) is 3.80. The summed E-state index contributed by atoms with van der Waals surface area (Å²) in [5, 5.41) is 4.41. The Kier molecular flexibility index (Phi) is 4.35. The monoisotopic (exact) mass is 228 g/mol. The van der Waals surface area contributed by atoms with Crippen molar-refractivity contribution in [1.29, 1.82) is 0 Å². The molecule has 0 aliphatic carbocycles. The Morgan fingerprint density at radius 3 is 3.00 bits per heavy atom. The molecule has 2 fully saturated rings. The van der Waals surface area contributed by atoms with Gasteiger partial charge in [-0.25, -0.2) is 0 Å². The molecule has 0 spiro atoms. The summed E-state index contributed by atoms with van der Waals surface area (Å²) in [6.45, 7) is 8.59. The van der Waals surface area contributed by atoms with E-state index >= 15 is 0 Å². The van der Waals surface area contributed by atoms with Gasteiger partial charge in [0.05, 0.1) is 0 Å². The molecule has 3 heteroatoms. The van der Waals surface area contributed by atoms with Gasteiger partial charge in [-0.05, 0) is 39.3 Å². The van der Waals surface area contributed by atoms with Gasteiger partial charge < -0.3 is 5.32 Å². The van der Waals surface area contributed by atoms with Gasteiger partial charge in [-0.1, -0.05) is 6.92 Å². The van der Waals surface area contributed by atoms with E-state index in [1.165, 1.54) is 44.6 Å². The number of nitrogens with zero attached hydrogens (tertiary/aromatic N) is 1. The van der Waals surface area contributed by atoms with Crippen LogP contribution in [0.15, 0.2) is 0 Å². The molecule has 2 nitrogen and oxygen atoms in total. The molecule has 2 heterocycles. The predicted octanol–water partition coefficient (Wildman–Crippen LogP) is 1.95. The number of rotatable bonds is 3. The molecule has 1 N–H and O–H groups in total. The maximum atomic E-state index is 3.59. The molecule has 0 radical (unpaired) electrons. The second-order valence-corrected chi connectivity index (χ2v) is 6.42. The highest BCUT2D eigenvalue weighted by Gasteiger charge is 2.25. The third kappa shape index (κ3) is 3.11. The van der Waals surface area contributed by atoms with Gasteiger partial charge in [-0.3, -0.25) is 4.90 Å². The molecule has 0 aromatic rings. The van der Waals surface area contributed by atoms with Crippen molar-refractivity contribution in [3.63, 3.8) is 0 Å². The maximum absolute atomic E-state index is 3.59. The molecule has 3 unspecified atom stereocenters. The Morgan fingerprint density at radius 2 is 2.27 bits per heavy atom. The molecule has 2 aliphatic rings. The largest absolute Gasteiger partial charge is 0.314 e. The molecular weight excluding hydrogens is 204 g/mol. The van der Waals surface area contributed by atoms with Gasteiger partial charge in [-0.15, -0.1) is 0 Å². The van der Waals surface area contributed by atoms with Gasteiger partial charge in [-0.2, -0.15) is 11.8 Å². The topological polar surface area (TPSA) is 15.3 Å². The Balaban J connectivity index is 1.72. The van der Waals surface area contributed by atoms with Crippen molar-refractivity contribution in [3.05, 3.63) is 0 Å². The molecule has 2 saturated heterocycles. The summed E-state index contributed by atoms with van der Waals surface area (Å²) < 4.78 is 0. The van der Waals surface area contributed by atoms with Gasteiger partial charge in [0.15, 0.2) is 0 Å². The van der Waals surface area contributed by atoms with E-state index in [-0.39, 0.29) is 0 Å². The van der Waals surface area contributed by atoms with E-state index in [1.807, 2.05) is 0 Å². The quantitative estimate of drug-likeness (QED) is 0.795. The van der Waals surface area contributed by atoms with Gasteiger partial charge in [0.25, 0.3) is 0 Å². The van der Waals surface area contributed by atoms with Crippen LogP contribution >= 0.6 is 11.8 Å². The lowest BCUT2D eigenvalue weighted by Gasteiger charge is -2.38. The van der Waals surface area contributed by atoms with E-state index < -0.39 is 0 Å².